The van der Waals surface area contributed by atoms with Crippen LogP contribution in [0.3, 0.4) is 0 Å². The van der Waals surface area contributed by atoms with Gasteiger partial charge in [0.1, 0.15) is 0 Å². The Bertz CT molecular complexity index is 1020. The first kappa shape index (κ1) is 19.0. The Morgan fingerprint density at radius 3 is 2.46 bits per heavy atom. The van der Waals surface area contributed by atoms with E-state index in [4.69, 9.17) is 0 Å². The summed E-state index contributed by atoms with van der Waals surface area (Å²) in [5.74, 6) is 0.196. The van der Waals surface area contributed by atoms with Gasteiger partial charge >= 0.3 is 6.03 Å². The zero-order chi connectivity index (χ0) is 20.1. The third kappa shape index (κ3) is 3.29. The zero-order valence-electron chi connectivity index (χ0n) is 16.3. The minimum absolute atomic E-state index is 0.0267. The molecule has 2 amide bonds. The van der Waals surface area contributed by atoms with E-state index in [2.05, 4.69) is 22.7 Å². The molecule has 6 nitrogen and oxygen atoms in total. The number of nitrogens with zero attached hydrogens (tertiary/aromatic N) is 2. The number of rotatable bonds is 2. The average Bonchev–Trinajstić information content (AvgIpc) is 2.95. The Morgan fingerprint density at radius 1 is 1.07 bits per heavy atom. The van der Waals surface area contributed by atoms with Crippen molar-refractivity contribution >= 4 is 21.7 Å². The molecule has 28 heavy (non-hydrogen) atoms. The van der Waals surface area contributed by atoms with Crippen molar-refractivity contribution in [2.24, 2.45) is 0 Å². The van der Waals surface area contributed by atoms with Gasteiger partial charge in [-0.3, -0.25) is 4.90 Å². The molecule has 0 aromatic heterocycles. The summed E-state index contributed by atoms with van der Waals surface area (Å²) in [6.07, 6.45) is 0.812. The molecule has 2 aliphatic heterocycles. The first-order chi connectivity index (χ1) is 13.3. The number of likely N-dealkylation sites (N-methyl/N-ethyl adjacent to an activating group) is 1. The molecule has 2 aliphatic rings. The van der Waals surface area contributed by atoms with Crippen molar-refractivity contribution in [3.05, 3.63) is 59.2 Å². The quantitative estimate of drug-likeness (QED) is 0.843. The average molecular weight is 400 g/mol. The monoisotopic (exact) mass is 399 g/mol. The highest BCUT2D eigenvalue weighted by Crippen LogP contribution is 2.44. The lowest BCUT2D eigenvalue weighted by Crippen LogP contribution is -2.51. The second-order valence-corrected chi connectivity index (χ2v) is 9.56. The van der Waals surface area contributed by atoms with E-state index in [0.717, 1.165) is 41.9 Å². The Morgan fingerprint density at radius 2 is 1.75 bits per heavy atom. The van der Waals surface area contributed by atoms with Crippen molar-refractivity contribution in [1.29, 1.82) is 0 Å². The van der Waals surface area contributed by atoms with Crippen molar-refractivity contribution in [1.82, 2.24) is 9.62 Å². The predicted molar refractivity (Wildman–Crippen MR) is 109 cm³/mol. The van der Waals surface area contributed by atoms with Crippen molar-refractivity contribution < 1.29 is 13.2 Å². The van der Waals surface area contributed by atoms with E-state index in [1.165, 1.54) is 12.1 Å². The molecule has 1 N–H and O–H groups in total. The number of carbonyl (C=O) groups is 1. The van der Waals surface area contributed by atoms with Crippen LogP contribution in [0, 0.1) is 13.8 Å². The second kappa shape index (κ2) is 6.90. The van der Waals surface area contributed by atoms with Crippen LogP contribution in [-0.4, -0.2) is 45.5 Å². The summed E-state index contributed by atoms with van der Waals surface area (Å²) >= 11 is 0. The van der Waals surface area contributed by atoms with E-state index >= 15 is 0 Å². The second-order valence-electron chi connectivity index (χ2n) is 7.88. The summed E-state index contributed by atoms with van der Waals surface area (Å²) in [6, 6.07) is 11.9. The third-order valence-electron chi connectivity index (χ3n) is 5.72. The summed E-state index contributed by atoms with van der Waals surface area (Å²) < 4.78 is 27.7. The number of urea groups is 1. The summed E-state index contributed by atoms with van der Waals surface area (Å²) in [6.45, 7) is 5.66. The van der Waals surface area contributed by atoms with Gasteiger partial charge in [-0.25, -0.2) is 17.9 Å². The maximum Gasteiger partial charge on any atom is 0.336 e. The fourth-order valence-corrected chi connectivity index (χ4v) is 5.23. The van der Waals surface area contributed by atoms with Crippen LogP contribution in [0.25, 0.3) is 0 Å². The van der Waals surface area contributed by atoms with Gasteiger partial charge in [-0.15, -0.1) is 0 Å². The lowest BCUT2D eigenvalue weighted by Gasteiger charge is -2.36. The molecular weight excluding hydrogens is 374 g/mol. The van der Waals surface area contributed by atoms with E-state index in [9.17, 15) is 13.2 Å². The van der Waals surface area contributed by atoms with Gasteiger partial charge in [-0.05, 0) is 57.6 Å². The number of aryl methyl sites for hydroxylation is 2. The fourth-order valence-electron chi connectivity index (χ4n) is 4.29. The Balaban J connectivity index is 1.66. The van der Waals surface area contributed by atoms with E-state index in [0.29, 0.717) is 0 Å². The number of amides is 2. The van der Waals surface area contributed by atoms with Gasteiger partial charge in [0.25, 0.3) is 10.0 Å². The molecule has 0 saturated carbocycles. The molecule has 7 heteroatoms. The van der Waals surface area contributed by atoms with E-state index in [1.54, 1.807) is 17.0 Å². The SMILES string of the molecule is Cc1ccc(S(=O)(=O)NC(=O)N2c3ccc(C)cc3[C@H]3CN(C)CC[C@H]32)cc1. The van der Waals surface area contributed by atoms with Crippen LogP contribution in [0.2, 0.25) is 0 Å². The van der Waals surface area contributed by atoms with Gasteiger partial charge in [-0.1, -0.05) is 35.4 Å². The Hall–Kier alpha value is -2.38. The highest BCUT2D eigenvalue weighted by Gasteiger charge is 2.44. The Kier molecular flexibility index (Phi) is 4.67. The standard InChI is InChI=1S/C21H25N3O3S/c1-14-4-7-16(8-5-14)28(26,27)22-21(25)24-19-9-6-15(2)12-17(19)18-13-23(3)11-10-20(18)24/h4-9,12,18,20H,10-11,13H2,1-3H3,(H,22,25)/t18-,20-/m1/s1. The van der Waals surface area contributed by atoms with Crippen molar-refractivity contribution in [2.75, 3.05) is 25.0 Å². The minimum Gasteiger partial charge on any atom is -0.306 e. The number of piperidine rings is 1. The third-order valence-corrected chi connectivity index (χ3v) is 7.06. The highest BCUT2D eigenvalue weighted by atomic mass is 32.2. The molecule has 4 rings (SSSR count). The number of benzene rings is 2. The minimum atomic E-state index is -3.92. The summed E-state index contributed by atoms with van der Waals surface area (Å²) in [5.41, 5.74) is 4.04. The van der Waals surface area contributed by atoms with E-state index in [1.807, 2.05) is 26.0 Å². The van der Waals surface area contributed by atoms with Gasteiger partial charge in [0.2, 0.25) is 0 Å². The molecule has 0 radical (unpaired) electrons. The molecule has 0 spiro atoms. The zero-order valence-corrected chi connectivity index (χ0v) is 17.2. The maximum atomic E-state index is 13.1. The van der Waals surface area contributed by atoms with Crippen molar-refractivity contribution in [3.8, 4) is 0 Å². The lowest BCUT2D eigenvalue weighted by molar-refractivity contribution is 0.221. The topological polar surface area (TPSA) is 69.7 Å². The first-order valence-electron chi connectivity index (χ1n) is 9.48. The van der Waals surface area contributed by atoms with Crippen LogP contribution in [0.4, 0.5) is 10.5 Å². The van der Waals surface area contributed by atoms with Crippen LogP contribution in [-0.2, 0) is 10.0 Å². The molecule has 2 aromatic rings. The molecule has 2 heterocycles. The lowest BCUT2D eigenvalue weighted by atomic mass is 9.89. The Labute approximate surface area is 166 Å². The summed E-state index contributed by atoms with van der Waals surface area (Å²) in [7, 11) is -1.84. The van der Waals surface area contributed by atoms with Crippen molar-refractivity contribution in [3.63, 3.8) is 0 Å². The molecule has 0 unspecified atom stereocenters. The van der Waals surface area contributed by atoms with Crippen LogP contribution < -0.4 is 9.62 Å². The molecular formula is C21H25N3O3S. The number of nitrogens with one attached hydrogen (secondary N) is 1. The molecule has 0 aliphatic carbocycles. The smallest absolute Gasteiger partial charge is 0.306 e. The van der Waals surface area contributed by atoms with Gasteiger partial charge in [0, 0.05) is 24.2 Å². The van der Waals surface area contributed by atoms with Gasteiger partial charge in [0.15, 0.2) is 0 Å². The maximum absolute atomic E-state index is 13.1. The van der Waals surface area contributed by atoms with Gasteiger partial charge in [-0.2, -0.15) is 0 Å². The van der Waals surface area contributed by atoms with E-state index < -0.39 is 16.1 Å². The highest BCUT2D eigenvalue weighted by molar-refractivity contribution is 7.90. The molecule has 0 bridgehead atoms. The first-order valence-corrected chi connectivity index (χ1v) is 11.0. The number of hydrogen-bond acceptors (Lipinski definition) is 4. The number of likely N-dealkylation sites (tertiary alicyclic amines) is 1. The molecule has 1 fully saturated rings. The van der Waals surface area contributed by atoms with Crippen LogP contribution in [0.5, 0.6) is 0 Å². The van der Waals surface area contributed by atoms with Crippen LogP contribution >= 0.6 is 0 Å². The van der Waals surface area contributed by atoms with Crippen LogP contribution in [0.1, 0.15) is 29.0 Å². The van der Waals surface area contributed by atoms with E-state index in [-0.39, 0.29) is 16.9 Å². The van der Waals surface area contributed by atoms with Gasteiger partial charge < -0.3 is 4.90 Å². The number of fused-ring (bicyclic) bond motifs is 3. The largest absolute Gasteiger partial charge is 0.336 e. The summed E-state index contributed by atoms with van der Waals surface area (Å²) in [5, 5.41) is 0. The van der Waals surface area contributed by atoms with Crippen LogP contribution in [0.15, 0.2) is 47.4 Å². The number of anilines is 1. The predicted octanol–water partition coefficient (Wildman–Crippen LogP) is 3.01. The van der Waals surface area contributed by atoms with Gasteiger partial charge in [0.05, 0.1) is 4.90 Å². The normalized spacial score (nSPS) is 21.9. The fraction of sp³-hybridized carbons (Fsp3) is 0.381. The van der Waals surface area contributed by atoms with Crippen molar-refractivity contribution in [2.45, 2.75) is 37.1 Å². The number of carbonyl (C=O) groups excluding carboxylic acids is 1. The number of hydrogen-bond donors (Lipinski definition) is 1. The molecule has 2 aromatic carbocycles. The summed E-state index contributed by atoms with van der Waals surface area (Å²) in [4.78, 5) is 17.1. The molecule has 148 valence electrons. The number of sulfonamides is 1. The molecule has 1 saturated heterocycles. The molecule has 2 atom stereocenters.